The van der Waals surface area contributed by atoms with Crippen LogP contribution in [-0.4, -0.2) is 23.8 Å². The molecule has 0 fully saturated rings. The summed E-state index contributed by atoms with van der Waals surface area (Å²) < 4.78 is 43.8. The lowest BCUT2D eigenvalue weighted by atomic mass is 10.0. The maximum absolute atomic E-state index is 14.5. The Morgan fingerprint density at radius 1 is 1.00 bits per heavy atom. The van der Waals surface area contributed by atoms with Crippen LogP contribution in [0.5, 0.6) is 11.5 Å². The summed E-state index contributed by atoms with van der Waals surface area (Å²) in [5, 5.41) is 0.480. The largest absolute Gasteiger partial charge is 0.493 e. The van der Waals surface area contributed by atoms with Gasteiger partial charge >= 0.3 is 0 Å². The lowest BCUT2D eigenvalue weighted by Crippen LogP contribution is -2.18. The molecule has 4 rings (SSSR count). The number of rotatable bonds is 9. The van der Waals surface area contributed by atoms with Gasteiger partial charge in [0.25, 0.3) is 0 Å². The molecule has 0 spiro atoms. The number of ether oxygens (including phenoxy) is 2. The van der Waals surface area contributed by atoms with Crippen LogP contribution in [0.25, 0.3) is 0 Å². The Balaban J connectivity index is 1.77. The van der Waals surface area contributed by atoms with Gasteiger partial charge in [0, 0.05) is 41.3 Å². The molecule has 0 bridgehead atoms. The number of halogens is 3. The number of aromatic nitrogens is 2. The van der Waals surface area contributed by atoms with E-state index < -0.39 is 11.6 Å². The second-order valence-corrected chi connectivity index (χ2v) is 9.28. The SMILES string of the molecule is COc1ccc(SN(Cc2nccn2C)c2ccc(Cl)cc2Cc2c(F)cccc2F)cc1OC. The fraction of sp³-hybridized carbons (Fsp3) is 0.192. The second-order valence-electron chi connectivity index (χ2n) is 7.75. The van der Waals surface area contributed by atoms with Gasteiger partial charge in [0.15, 0.2) is 11.5 Å². The molecule has 9 heteroatoms. The molecule has 1 aromatic heterocycles. The van der Waals surface area contributed by atoms with Crippen molar-refractivity contribution in [3.8, 4) is 11.5 Å². The molecule has 0 amide bonds. The number of hydrogen-bond acceptors (Lipinski definition) is 5. The molecule has 182 valence electrons. The molecular weight excluding hydrogens is 492 g/mol. The van der Waals surface area contributed by atoms with E-state index in [2.05, 4.69) is 4.98 Å². The van der Waals surface area contributed by atoms with Gasteiger partial charge in [0.1, 0.15) is 17.5 Å². The highest BCUT2D eigenvalue weighted by molar-refractivity contribution is 8.00. The first-order chi connectivity index (χ1) is 16.9. The van der Waals surface area contributed by atoms with Gasteiger partial charge in [0.2, 0.25) is 0 Å². The van der Waals surface area contributed by atoms with Gasteiger partial charge in [-0.2, -0.15) is 0 Å². The van der Waals surface area contributed by atoms with Crippen molar-refractivity contribution in [3.05, 3.63) is 101 Å². The fourth-order valence-corrected chi connectivity index (χ4v) is 4.87. The van der Waals surface area contributed by atoms with E-state index in [4.69, 9.17) is 21.1 Å². The van der Waals surface area contributed by atoms with E-state index in [1.165, 1.54) is 30.1 Å². The Kier molecular flexibility index (Phi) is 7.83. The lowest BCUT2D eigenvalue weighted by molar-refractivity contribution is 0.354. The average molecular weight is 516 g/mol. The molecule has 0 radical (unpaired) electrons. The van der Waals surface area contributed by atoms with E-state index in [1.807, 2.05) is 46.4 Å². The van der Waals surface area contributed by atoms with Gasteiger partial charge in [0.05, 0.1) is 26.5 Å². The molecule has 0 saturated carbocycles. The number of imidazole rings is 1. The van der Waals surface area contributed by atoms with Gasteiger partial charge in [-0.15, -0.1) is 0 Å². The van der Waals surface area contributed by atoms with Crippen molar-refractivity contribution in [2.24, 2.45) is 7.05 Å². The van der Waals surface area contributed by atoms with E-state index in [9.17, 15) is 8.78 Å². The minimum Gasteiger partial charge on any atom is -0.493 e. The third-order valence-corrected chi connectivity index (χ3v) is 6.76. The third-order valence-electron chi connectivity index (χ3n) is 5.52. The molecule has 3 aromatic carbocycles. The van der Waals surface area contributed by atoms with Crippen LogP contribution in [0.1, 0.15) is 17.0 Å². The van der Waals surface area contributed by atoms with Crippen LogP contribution in [0.2, 0.25) is 5.02 Å². The van der Waals surface area contributed by atoms with Crippen molar-refractivity contribution in [3.63, 3.8) is 0 Å². The first-order valence-corrected chi connectivity index (χ1v) is 11.9. The zero-order chi connectivity index (χ0) is 24.9. The van der Waals surface area contributed by atoms with Gasteiger partial charge in [-0.05, 0) is 66.0 Å². The molecule has 0 unspecified atom stereocenters. The molecule has 0 aliphatic heterocycles. The summed E-state index contributed by atoms with van der Waals surface area (Å²) in [6, 6.07) is 14.9. The molecule has 1 heterocycles. The summed E-state index contributed by atoms with van der Waals surface area (Å²) in [4.78, 5) is 5.34. The van der Waals surface area contributed by atoms with Gasteiger partial charge < -0.3 is 18.3 Å². The number of hydrogen-bond donors (Lipinski definition) is 0. The number of nitrogens with zero attached hydrogens (tertiary/aromatic N) is 3. The number of benzene rings is 3. The normalized spacial score (nSPS) is 10.9. The molecule has 35 heavy (non-hydrogen) atoms. The van der Waals surface area contributed by atoms with Gasteiger partial charge in [-0.3, -0.25) is 0 Å². The van der Waals surface area contributed by atoms with Gasteiger partial charge in [-0.1, -0.05) is 17.7 Å². The smallest absolute Gasteiger partial charge is 0.161 e. The summed E-state index contributed by atoms with van der Waals surface area (Å²) >= 11 is 7.76. The third kappa shape index (κ3) is 5.71. The van der Waals surface area contributed by atoms with E-state index in [1.54, 1.807) is 32.5 Å². The molecular formula is C26H24ClF2N3O2S. The average Bonchev–Trinajstić information content (AvgIpc) is 3.25. The summed E-state index contributed by atoms with van der Waals surface area (Å²) in [7, 11) is 5.08. The Labute approximate surface area is 212 Å². The van der Waals surface area contributed by atoms with Crippen LogP contribution >= 0.6 is 23.5 Å². The summed E-state index contributed by atoms with van der Waals surface area (Å²) in [6.07, 6.45) is 3.64. The van der Waals surface area contributed by atoms with Crippen molar-refractivity contribution in [1.82, 2.24) is 9.55 Å². The highest BCUT2D eigenvalue weighted by Gasteiger charge is 2.20. The van der Waals surface area contributed by atoms with Crippen LogP contribution in [-0.2, 0) is 20.0 Å². The maximum Gasteiger partial charge on any atom is 0.161 e. The Morgan fingerprint density at radius 3 is 2.40 bits per heavy atom. The number of methoxy groups -OCH3 is 2. The molecule has 0 N–H and O–H groups in total. The zero-order valence-electron chi connectivity index (χ0n) is 19.5. The topological polar surface area (TPSA) is 39.5 Å². The lowest BCUT2D eigenvalue weighted by Gasteiger charge is -2.26. The Morgan fingerprint density at radius 2 is 1.74 bits per heavy atom. The predicted molar refractivity (Wildman–Crippen MR) is 135 cm³/mol. The molecule has 0 saturated heterocycles. The predicted octanol–water partition coefficient (Wildman–Crippen LogP) is 6.67. The quantitative estimate of drug-likeness (QED) is 0.233. The van der Waals surface area contributed by atoms with Crippen LogP contribution in [0.3, 0.4) is 0 Å². The van der Waals surface area contributed by atoms with E-state index in [-0.39, 0.29) is 12.0 Å². The number of aryl methyl sites for hydroxylation is 1. The summed E-state index contributed by atoms with van der Waals surface area (Å²) in [5.74, 6) is 0.836. The highest BCUT2D eigenvalue weighted by Crippen LogP contribution is 2.38. The zero-order valence-corrected chi connectivity index (χ0v) is 21.0. The number of anilines is 1. The van der Waals surface area contributed by atoms with E-state index in [0.717, 1.165) is 16.4 Å². The Bertz CT molecular complexity index is 1310. The minimum atomic E-state index is -0.598. The second kappa shape index (κ2) is 11.0. The molecule has 5 nitrogen and oxygen atoms in total. The van der Waals surface area contributed by atoms with Crippen molar-refractivity contribution < 1.29 is 18.3 Å². The molecule has 0 aliphatic rings. The summed E-state index contributed by atoms with van der Waals surface area (Å²) in [5.41, 5.74) is 1.44. The molecule has 4 aromatic rings. The maximum atomic E-state index is 14.5. The standard InChI is InChI=1S/C26H24ClF2N3O2S/c1-31-12-11-30-26(31)16-32(35-19-8-10-24(33-2)25(15-19)34-3)23-9-7-18(27)13-17(23)14-20-21(28)5-4-6-22(20)29/h4-13,15H,14,16H2,1-3H3. The Hall–Kier alpha value is -3.23. The highest BCUT2D eigenvalue weighted by atomic mass is 35.5. The monoisotopic (exact) mass is 515 g/mol. The first kappa shape index (κ1) is 24.9. The van der Waals surface area contributed by atoms with Crippen molar-refractivity contribution >= 4 is 29.2 Å². The summed E-state index contributed by atoms with van der Waals surface area (Å²) in [6.45, 7) is 0.427. The molecule has 0 aliphatic carbocycles. The molecule has 0 atom stereocenters. The van der Waals surface area contributed by atoms with Crippen LogP contribution in [0.15, 0.2) is 71.9 Å². The van der Waals surface area contributed by atoms with Crippen LogP contribution < -0.4 is 13.8 Å². The van der Waals surface area contributed by atoms with E-state index >= 15 is 0 Å². The van der Waals surface area contributed by atoms with Crippen LogP contribution in [0, 0.1) is 11.6 Å². The van der Waals surface area contributed by atoms with Crippen molar-refractivity contribution in [1.29, 1.82) is 0 Å². The van der Waals surface area contributed by atoms with Crippen molar-refractivity contribution in [2.75, 3.05) is 18.5 Å². The fourth-order valence-electron chi connectivity index (χ4n) is 3.68. The van der Waals surface area contributed by atoms with E-state index in [0.29, 0.717) is 28.6 Å². The van der Waals surface area contributed by atoms with Gasteiger partial charge in [-0.25, -0.2) is 13.8 Å². The first-order valence-electron chi connectivity index (χ1n) is 10.7. The van der Waals surface area contributed by atoms with Crippen molar-refractivity contribution in [2.45, 2.75) is 17.9 Å². The minimum absolute atomic E-state index is 0.0101. The van der Waals surface area contributed by atoms with Crippen LogP contribution in [0.4, 0.5) is 14.5 Å².